The molecule has 1 aromatic carbocycles. The number of benzene rings is 1. The molecular formula is C19H29N4O2S+. The number of likely N-dealkylation sites (N-methyl/N-ethyl adjacent to an activating group) is 1. The second-order valence-corrected chi connectivity index (χ2v) is 7.02. The number of quaternary nitrogens is 1. The van der Waals surface area contributed by atoms with E-state index in [-0.39, 0.29) is 17.5 Å². The third-order valence-electron chi connectivity index (χ3n) is 4.92. The van der Waals surface area contributed by atoms with Gasteiger partial charge in [0.05, 0.1) is 37.1 Å². The summed E-state index contributed by atoms with van der Waals surface area (Å²) in [5.74, 6) is -0.144. The first-order valence-corrected chi connectivity index (χ1v) is 9.73. The van der Waals surface area contributed by atoms with Gasteiger partial charge in [0.1, 0.15) is 0 Å². The number of H-pyrrole nitrogens is 1. The van der Waals surface area contributed by atoms with Gasteiger partial charge in [0, 0.05) is 11.6 Å². The van der Waals surface area contributed by atoms with E-state index in [9.17, 15) is 9.59 Å². The second kappa shape index (κ2) is 9.09. The van der Waals surface area contributed by atoms with Crippen LogP contribution in [0.25, 0.3) is 10.9 Å². The molecule has 2 aromatic rings. The molecule has 1 heterocycles. The number of rotatable bonds is 8. The third-order valence-corrected chi connectivity index (χ3v) is 5.25. The molecule has 1 aromatic heterocycles. The predicted molar refractivity (Wildman–Crippen MR) is 108 cm³/mol. The fraction of sp³-hybridized carbons (Fsp3) is 0.526. The SMILES string of the molecule is CCC(C)NC(=O)c1ccc2c(=O)n(CC[NH+](CC)CC)c(=S)[nH]c2c1. The van der Waals surface area contributed by atoms with Crippen molar-refractivity contribution in [1.82, 2.24) is 14.9 Å². The lowest BCUT2D eigenvalue weighted by Gasteiger charge is -2.16. The Bertz CT molecular complexity index is 883. The maximum absolute atomic E-state index is 12.8. The highest BCUT2D eigenvalue weighted by atomic mass is 32.1. The first kappa shape index (κ1) is 20.3. The van der Waals surface area contributed by atoms with E-state index in [1.807, 2.05) is 13.8 Å². The lowest BCUT2D eigenvalue weighted by atomic mass is 10.1. The van der Waals surface area contributed by atoms with Gasteiger partial charge >= 0.3 is 0 Å². The number of carbonyl (C=O) groups excluding carboxylic acids is 1. The number of fused-ring (bicyclic) bond motifs is 1. The first-order chi connectivity index (χ1) is 12.4. The summed E-state index contributed by atoms with van der Waals surface area (Å²) in [7, 11) is 0. The molecule has 0 bridgehead atoms. The van der Waals surface area contributed by atoms with Crippen LogP contribution in [-0.2, 0) is 6.54 Å². The zero-order valence-electron chi connectivity index (χ0n) is 16.0. The van der Waals surface area contributed by atoms with Crippen LogP contribution in [0.4, 0.5) is 0 Å². The van der Waals surface area contributed by atoms with Crippen LogP contribution in [0.15, 0.2) is 23.0 Å². The van der Waals surface area contributed by atoms with E-state index >= 15 is 0 Å². The Morgan fingerprint density at radius 1 is 1.31 bits per heavy atom. The Labute approximate surface area is 159 Å². The van der Waals surface area contributed by atoms with E-state index in [0.717, 1.165) is 26.1 Å². The number of aromatic nitrogens is 2. The van der Waals surface area contributed by atoms with Crippen molar-refractivity contribution in [3.05, 3.63) is 38.9 Å². The maximum Gasteiger partial charge on any atom is 0.262 e. The summed E-state index contributed by atoms with van der Waals surface area (Å²) < 4.78 is 2.01. The molecule has 0 aliphatic carbocycles. The van der Waals surface area contributed by atoms with Crippen molar-refractivity contribution < 1.29 is 9.69 Å². The zero-order valence-corrected chi connectivity index (χ0v) is 16.8. The average Bonchev–Trinajstić information content (AvgIpc) is 2.63. The lowest BCUT2D eigenvalue weighted by Crippen LogP contribution is -3.11. The third kappa shape index (κ3) is 4.59. The second-order valence-electron chi connectivity index (χ2n) is 6.64. The molecule has 1 atom stereocenters. The van der Waals surface area contributed by atoms with Crippen molar-refractivity contribution in [2.24, 2.45) is 0 Å². The largest absolute Gasteiger partial charge is 0.350 e. The molecule has 26 heavy (non-hydrogen) atoms. The summed E-state index contributed by atoms with van der Waals surface area (Å²) >= 11 is 5.39. The minimum absolute atomic E-state index is 0.104. The number of nitrogens with one attached hydrogen (secondary N) is 3. The summed E-state index contributed by atoms with van der Waals surface area (Å²) in [6.45, 7) is 11.7. The summed E-state index contributed by atoms with van der Waals surface area (Å²) in [5, 5.41) is 3.48. The van der Waals surface area contributed by atoms with Crippen molar-refractivity contribution in [3.8, 4) is 0 Å². The van der Waals surface area contributed by atoms with Gasteiger partial charge in [0.25, 0.3) is 11.5 Å². The molecule has 0 saturated heterocycles. The van der Waals surface area contributed by atoms with E-state index in [1.165, 1.54) is 4.90 Å². The van der Waals surface area contributed by atoms with E-state index in [1.54, 1.807) is 22.8 Å². The van der Waals surface area contributed by atoms with Crippen molar-refractivity contribution >= 4 is 29.0 Å². The van der Waals surface area contributed by atoms with Crippen molar-refractivity contribution in [2.45, 2.75) is 46.7 Å². The molecular weight excluding hydrogens is 348 g/mol. The molecule has 0 fully saturated rings. The van der Waals surface area contributed by atoms with Crippen LogP contribution in [0.5, 0.6) is 0 Å². The summed E-state index contributed by atoms with van der Waals surface area (Å²) in [6.07, 6.45) is 0.862. The molecule has 0 aliphatic heterocycles. The molecule has 1 amide bonds. The standard InChI is InChI=1S/C19H28N4O2S/c1-5-13(4)20-17(24)14-8-9-15-16(12-14)21-19(26)23(18(15)25)11-10-22(6-2)7-3/h8-9,12-13H,5-7,10-11H2,1-4H3,(H,20,24)(H,21,26)/p+1. The Morgan fingerprint density at radius 2 is 2.00 bits per heavy atom. The fourth-order valence-corrected chi connectivity index (χ4v) is 3.17. The number of hydrogen-bond donors (Lipinski definition) is 3. The van der Waals surface area contributed by atoms with Gasteiger partial charge < -0.3 is 15.2 Å². The summed E-state index contributed by atoms with van der Waals surface area (Å²) in [6, 6.07) is 5.20. The van der Waals surface area contributed by atoms with Crippen LogP contribution < -0.4 is 15.8 Å². The zero-order chi connectivity index (χ0) is 19.3. The highest BCUT2D eigenvalue weighted by Gasteiger charge is 2.13. The molecule has 0 spiro atoms. The van der Waals surface area contributed by atoms with Crippen molar-refractivity contribution in [2.75, 3.05) is 19.6 Å². The Kier molecular flexibility index (Phi) is 7.11. The molecule has 0 aliphatic rings. The normalized spacial score (nSPS) is 12.5. The van der Waals surface area contributed by atoms with E-state index in [0.29, 0.717) is 27.8 Å². The maximum atomic E-state index is 12.8. The van der Waals surface area contributed by atoms with Gasteiger partial charge in [0.15, 0.2) is 4.77 Å². The van der Waals surface area contributed by atoms with Gasteiger partial charge in [-0.2, -0.15) is 0 Å². The molecule has 0 radical (unpaired) electrons. The Morgan fingerprint density at radius 3 is 2.62 bits per heavy atom. The van der Waals surface area contributed by atoms with E-state index < -0.39 is 0 Å². The Balaban J connectivity index is 2.35. The molecule has 6 nitrogen and oxygen atoms in total. The number of carbonyl (C=O) groups is 1. The van der Waals surface area contributed by atoms with E-state index in [2.05, 4.69) is 24.1 Å². The van der Waals surface area contributed by atoms with Crippen LogP contribution >= 0.6 is 12.2 Å². The topological polar surface area (TPSA) is 71.3 Å². The van der Waals surface area contributed by atoms with Crippen molar-refractivity contribution in [3.63, 3.8) is 0 Å². The van der Waals surface area contributed by atoms with Crippen LogP contribution in [0, 0.1) is 4.77 Å². The molecule has 142 valence electrons. The van der Waals surface area contributed by atoms with Gasteiger partial charge in [-0.25, -0.2) is 0 Å². The molecule has 7 heteroatoms. The fourth-order valence-electron chi connectivity index (χ4n) is 2.88. The highest BCUT2D eigenvalue weighted by molar-refractivity contribution is 7.71. The van der Waals surface area contributed by atoms with Gasteiger partial charge in [-0.15, -0.1) is 0 Å². The predicted octanol–water partition coefficient (Wildman–Crippen LogP) is 1.51. The minimum Gasteiger partial charge on any atom is -0.350 e. The number of aromatic amines is 1. The van der Waals surface area contributed by atoms with E-state index in [4.69, 9.17) is 12.2 Å². The van der Waals surface area contributed by atoms with Crippen LogP contribution in [0.1, 0.15) is 44.5 Å². The van der Waals surface area contributed by atoms with Gasteiger partial charge in [0.2, 0.25) is 0 Å². The van der Waals surface area contributed by atoms with Crippen LogP contribution in [0.2, 0.25) is 0 Å². The van der Waals surface area contributed by atoms with Crippen molar-refractivity contribution in [1.29, 1.82) is 0 Å². The highest BCUT2D eigenvalue weighted by Crippen LogP contribution is 2.11. The molecule has 1 unspecified atom stereocenters. The van der Waals surface area contributed by atoms with Crippen LogP contribution in [0.3, 0.4) is 0 Å². The molecule has 2 rings (SSSR count). The van der Waals surface area contributed by atoms with Gasteiger partial charge in [-0.05, 0) is 57.6 Å². The lowest BCUT2D eigenvalue weighted by molar-refractivity contribution is -0.897. The summed E-state index contributed by atoms with van der Waals surface area (Å²) in [5.41, 5.74) is 1.01. The first-order valence-electron chi connectivity index (χ1n) is 9.32. The quantitative estimate of drug-likeness (QED) is 0.611. The average molecular weight is 378 g/mol. The van der Waals surface area contributed by atoms with Gasteiger partial charge in [-0.3, -0.25) is 14.2 Å². The number of amides is 1. The molecule has 3 N–H and O–H groups in total. The Hall–Kier alpha value is -1.99. The number of nitrogens with zero attached hydrogens (tertiary/aromatic N) is 1. The monoisotopic (exact) mass is 377 g/mol. The smallest absolute Gasteiger partial charge is 0.262 e. The summed E-state index contributed by atoms with van der Waals surface area (Å²) in [4.78, 5) is 29.6. The molecule has 0 saturated carbocycles. The van der Waals surface area contributed by atoms with Crippen LogP contribution in [-0.4, -0.2) is 41.1 Å². The number of hydrogen-bond acceptors (Lipinski definition) is 3. The minimum atomic E-state index is -0.144. The van der Waals surface area contributed by atoms with Gasteiger partial charge in [-0.1, -0.05) is 6.92 Å².